The zero-order valence-electron chi connectivity index (χ0n) is 11.0. The second-order valence-corrected chi connectivity index (χ2v) is 4.08. The van der Waals surface area contributed by atoms with Crippen LogP contribution < -0.4 is 5.32 Å². The molecule has 0 atom stereocenters. The third kappa shape index (κ3) is 3.68. The van der Waals surface area contributed by atoms with Crippen molar-refractivity contribution in [2.45, 2.75) is 0 Å². The molecule has 0 aliphatic carbocycles. The molecule has 0 fully saturated rings. The maximum atomic E-state index is 13.0. The highest BCUT2D eigenvalue weighted by atomic mass is 19.1. The first-order chi connectivity index (χ1) is 9.69. The molecule has 102 valence electrons. The van der Waals surface area contributed by atoms with Gasteiger partial charge >= 0.3 is 5.97 Å². The van der Waals surface area contributed by atoms with Crippen LogP contribution in [0.15, 0.2) is 60.7 Å². The molecule has 0 aliphatic rings. The summed E-state index contributed by atoms with van der Waals surface area (Å²) in [5, 5.41) is 3.12. The Morgan fingerprint density at radius 2 is 1.75 bits per heavy atom. The number of anilines is 1. The summed E-state index contributed by atoms with van der Waals surface area (Å²) < 4.78 is 17.6. The maximum absolute atomic E-state index is 13.0. The third-order valence-electron chi connectivity index (χ3n) is 2.67. The van der Waals surface area contributed by atoms with Crippen LogP contribution in [0.2, 0.25) is 0 Å². The van der Waals surface area contributed by atoms with E-state index in [9.17, 15) is 9.18 Å². The lowest BCUT2D eigenvalue weighted by Gasteiger charge is -2.11. The summed E-state index contributed by atoms with van der Waals surface area (Å²) >= 11 is 0. The molecule has 20 heavy (non-hydrogen) atoms. The number of para-hydroxylation sites is 1. The van der Waals surface area contributed by atoms with Gasteiger partial charge < -0.3 is 10.1 Å². The van der Waals surface area contributed by atoms with Crippen molar-refractivity contribution < 1.29 is 13.9 Å². The number of benzene rings is 2. The Morgan fingerprint density at radius 1 is 1.10 bits per heavy atom. The van der Waals surface area contributed by atoms with E-state index in [4.69, 9.17) is 0 Å². The van der Waals surface area contributed by atoms with Crippen molar-refractivity contribution in [3.8, 4) is 0 Å². The van der Waals surface area contributed by atoms with Crippen LogP contribution in [0.3, 0.4) is 0 Å². The molecule has 0 radical (unpaired) electrons. The Balaban J connectivity index is 2.32. The molecule has 4 heteroatoms. The third-order valence-corrected chi connectivity index (χ3v) is 2.67. The first-order valence-corrected chi connectivity index (χ1v) is 6.06. The fraction of sp³-hybridized carbons (Fsp3) is 0.0625. The van der Waals surface area contributed by atoms with Gasteiger partial charge in [-0.1, -0.05) is 18.2 Å². The quantitative estimate of drug-likeness (QED) is 0.683. The van der Waals surface area contributed by atoms with E-state index in [1.807, 2.05) is 30.3 Å². The van der Waals surface area contributed by atoms with E-state index < -0.39 is 5.97 Å². The van der Waals surface area contributed by atoms with Crippen molar-refractivity contribution in [2.24, 2.45) is 0 Å². The lowest BCUT2D eigenvalue weighted by Crippen LogP contribution is -2.04. The zero-order chi connectivity index (χ0) is 14.4. The number of esters is 1. The van der Waals surface area contributed by atoms with Gasteiger partial charge in [-0.15, -0.1) is 0 Å². The highest BCUT2D eigenvalue weighted by Gasteiger charge is 2.06. The normalized spacial score (nSPS) is 11.0. The van der Waals surface area contributed by atoms with Gasteiger partial charge in [-0.25, -0.2) is 9.18 Å². The fourth-order valence-corrected chi connectivity index (χ4v) is 1.67. The largest absolute Gasteiger partial charge is 0.466 e. The van der Waals surface area contributed by atoms with Gasteiger partial charge in [0.1, 0.15) is 5.82 Å². The molecule has 0 saturated carbocycles. The summed E-state index contributed by atoms with van der Waals surface area (Å²) in [5.41, 5.74) is 2.07. The van der Waals surface area contributed by atoms with Crippen molar-refractivity contribution in [3.63, 3.8) is 0 Å². The van der Waals surface area contributed by atoms with Crippen LogP contribution in [-0.2, 0) is 9.53 Å². The van der Waals surface area contributed by atoms with Crippen molar-refractivity contribution in [2.75, 3.05) is 12.4 Å². The molecule has 0 heterocycles. The first kappa shape index (κ1) is 13.8. The number of methoxy groups -OCH3 is 1. The summed E-state index contributed by atoms with van der Waals surface area (Å²) in [6.45, 7) is 0. The highest BCUT2D eigenvalue weighted by molar-refractivity contribution is 5.94. The van der Waals surface area contributed by atoms with E-state index in [0.29, 0.717) is 11.3 Å². The van der Waals surface area contributed by atoms with Crippen LogP contribution in [-0.4, -0.2) is 13.1 Å². The van der Waals surface area contributed by atoms with Gasteiger partial charge in [0.2, 0.25) is 0 Å². The number of rotatable bonds is 4. The fourth-order valence-electron chi connectivity index (χ4n) is 1.67. The molecule has 2 aromatic carbocycles. The average molecular weight is 271 g/mol. The van der Waals surface area contributed by atoms with Gasteiger partial charge in [0.15, 0.2) is 0 Å². The number of ether oxygens (including phenoxy) is 1. The SMILES string of the molecule is COC(=O)/C=C(\Nc1ccccc1)c1ccc(F)cc1. The molecule has 2 aromatic rings. The molecule has 0 amide bonds. The molecular weight excluding hydrogens is 257 g/mol. The first-order valence-electron chi connectivity index (χ1n) is 6.06. The van der Waals surface area contributed by atoms with Crippen LogP contribution >= 0.6 is 0 Å². The lowest BCUT2D eigenvalue weighted by molar-refractivity contribution is -0.134. The van der Waals surface area contributed by atoms with Crippen LogP contribution in [0, 0.1) is 5.82 Å². The topological polar surface area (TPSA) is 38.3 Å². The highest BCUT2D eigenvalue weighted by Crippen LogP contribution is 2.19. The molecule has 1 N–H and O–H groups in total. The van der Waals surface area contributed by atoms with Gasteiger partial charge in [0.05, 0.1) is 12.8 Å². The summed E-state index contributed by atoms with van der Waals surface area (Å²) in [6, 6.07) is 15.3. The standard InChI is InChI=1S/C16H14FNO2/c1-20-16(19)11-15(12-7-9-13(17)10-8-12)18-14-5-3-2-4-6-14/h2-11,18H,1H3/b15-11-. The zero-order valence-corrected chi connectivity index (χ0v) is 11.0. The van der Waals surface area contributed by atoms with Gasteiger partial charge in [0, 0.05) is 11.8 Å². The summed E-state index contributed by atoms with van der Waals surface area (Å²) in [6.07, 6.45) is 1.33. The number of carbonyl (C=O) groups is 1. The minimum atomic E-state index is -0.479. The number of halogens is 1. The Hall–Kier alpha value is -2.62. The van der Waals surface area contributed by atoms with Crippen molar-refractivity contribution in [1.82, 2.24) is 0 Å². The molecular formula is C16H14FNO2. The van der Waals surface area contributed by atoms with Crippen LogP contribution in [0.5, 0.6) is 0 Å². The Morgan fingerprint density at radius 3 is 2.35 bits per heavy atom. The minimum absolute atomic E-state index is 0.328. The summed E-state index contributed by atoms with van der Waals surface area (Å²) in [7, 11) is 1.31. The Kier molecular flexibility index (Phi) is 4.50. The molecule has 0 aromatic heterocycles. The lowest BCUT2D eigenvalue weighted by atomic mass is 10.1. The van der Waals surface area contributed by atoms with E-state index in [1.54, 1.807) is 12.1 Å². The van der Waals surface area contributed by atoms with Crippen molar-refractivity contribution in [1.29, 1.82) is 0 Å². The van der Waals surface area contributed by atoms with Crippen LogP contribution in [0.1, 0.15) is 5.56 Å². The molecule has 0 unspecified atom stereocenters. The summed E-state index contributed by atoms with van der Waals surface area (Å²) in [4.78, 5) is 11.4. The van der Waals surface area contributed by atoms with Gasteiger partial charge in [0.25, 0.3) is 0 Å². The molecule has 0 aliphatic heterocycles. The number of hydrogen-bond donors (Lipinski definition) is 1. The smallest absolute Gasteiger partial charge is 0.332 e. The average Bonchev–Trinajstić information content (AvgIpc) is 2.48. The van der Waals surface area contributed by atoms with Crippen LogP contribution in [0.25, 0.3) is 5.70 Å². The predicted molar refractivity (Wildman–Crippen MR) is 76.5 cm³/mol. The van der Waals surface area contributed by atoms with E-state index in [2.05, 4.69) is 10.1 Å². The number of hydrogen-bond acceptors (Lipinski definition) is 3. The van der Waals surface area contributed by atoms with Crippen molar-refractivity contribution >= 4 is 17.4 Å². The van der Waals surface area contributed by atoms with Crippen LogP contribution in [0.4, 0.5) is 10.1 Å². The molecule has 3 nitrogen and oxygen atoms in total. The monoisotopic (exact) mass is 271 g/mol. The minimum Gasteiger partial charge on any atom is -0.466 e. The number of nitrogens with one attached hydrogen (secondary N) is 1. The molecule has 0 bridgehead atoms. The second-order valence-electron chi connectivity index (χ2n) is 4.08. The van der Waals surface area contributed by atoms with Gasteiger partial charge in [-0.3, -0.25) is 0 Å². The molecule has 0 spiro atoms. The van der Waals surface area contributed by atoms with E-state index in [0.717, 1.165) is 5.69 Å². The van der Waals surface area contributed by atoms with Gasteiger partial charge in [-0.2, -0.15) is 0 Å². The Bertz CT molecular complexity index is 606. The van der Waals surface area contributed by atoms with Crippen molar-refractivity contribution in [3.05, 3.63) is 72.1 Å². The van der Waals surface area contributed by atoms with E-state index in [1.165, 1.54) is 25.3 Å². The number of carbonyl (C=O) groups excluding carboxylic acids is 1. The summed E-state index contributed by atoms with van der Waals surface area (Å²) in [5.74, 6) is -0.807. The second kappa shape index (κ2) is 6.52. The predicted octanol–water partition coefficient (Wildman–Crippen LogP) is 3.45. The maximum Gasteiger partial charge on any atom is 0.332 e. The molecule has 2 rings (SSSR count). The van der Waals surface area contributed by atoms with Gasteiger partial charge in [-0.05, 0) is 42.0 Å². The van der Waals surface area contributed by atoms with E-state index >= 15 is 0 Å². The van der Waals surface area contributed by atoms with E-state index in [-0.39, 0.29) is 5.82 Å². The molecule has 0 saturated heterocycles. The Labute approximate surface area is 116 Å².